The Morgan fingerprint density at radius 2 is 1.90 bits per heavy atom. The summed E-state index contributed by atoms with van der Waals surface area (Å²) in [4.78, 5) is 0. The van der Waals surface area contributed by atoms with Crippen LogP contribution in [0.1, 0.15) is 24.1 Å². The summed E-state index contributed by atoms with van der Waals surface area (Å²) in [5.41, 5.74) is 1.02. The highest BCUT2D eigenvalue weighted by molar-refractivity contribution is 9.10. The van der Waals surface area contributed by atoms with E-state index in [9.17, 15) is 8.78 Å². The van der Waals surface area contributed by atoms with Crippen LogP contribution >= 0.6 is 27.5 Å². The van der Waals surface area contributed by atoms with Crippen LogP contribution in [0, 0.1) is 11.6 Å². The fraction of sp³-hybridized carbons (Fsp3) is 0.250. The van der Waals surface area contributed by atoms with Crippen molar-refractivity contribution >= 4 is 27.5 Å². The predicted molar refractivity (Wildman–Crippen MR) is 85.6 cm³/mol. The lowest BCUT2D eigenvalue weighted by Gasteiger charge is -2.20. The first-order valence-corrected chi connectivity index (χ1v) is 7.80. The Hall–Kier alpha value is -0.970. The summed E-state index contributed by atoms with van der Waals surface area (Å²) in [7, 11) is 0. The Bertz CT molecular complexity index is 634. The zero-order chi connectivity index (χ0) is 15.4. The first-order chi connectivity index (χ1) is 10.0. The SMILES string of the molecule is CCNC(Cc1ccc(Cl)cc1F)c1cc(Br)ccc1F. The first-order valence-electron chi connectivity index (χ1n) is 6.63. The van der Waals surface area contributed by atoms with E-state index in [2.05, 4.69) is 21.2 Å². The Kier molecular flexibility index (Phi) is 5.73. The summed E-state index contributed by atoms with van der Waals surface area (Å²) in [5, 5.41) is 3.55. The lowest BCUT2D eigenvalue weighted by atomic mass is 9.98. The lowest BCUT2D eigenvalue weighted by Crippen LogP contribution is -2.24. The van der Waals surface area contributed by atoms with Crippen molar-refractivity contribution in [1.82, 2.24) is 5.32 Å². The van der Waals surface area contributed by atoms with Gasteiger partial charge in [-0.1, -0.05) is 40.5 Å². The van der Waals surface area contributed by atoms with Crippen LogP contribution in [0.4, 0.5) is 8.78 Å². The molecule has 2 rings (SSSR count). The smallest absolute Gasteiger partial charge is 0.128 e. The van der Waals surface area contributed by atoms with E-state index in [-0.39, 0.29) is 17.7 Å². The van der Waals surface area contributed by atoms with Crippen molar-refractivity contribution in [2.45, 2.75) is 19.4 Å². The van der Waals surface area contributed by atoms with Gasteiger partial charge in [-0.25, -0.2) is 8.78 Å². The van der Waals surface area contributed by atoms with Crippen molar-refractivity contribution in [2.75, 3.05) is 6.54 Å². The molecule has 0 radical (unpaired) electrons. The molecule has 0 heterocycles. The molecule has 21 heavy (non-hydrogen) atoms. The number of hydrogen-bond donors (Lipinski definition) is 1. The Balaban J connectivity index is 2.32. The summed E-state index contributed by atoms with van der Waals surface area (Å²) >= 11 is 9.10. The third-order valence-corrected chi connectivity index (χ3v) is 3.95. The third kappa shape index (κ3) is 4.25. The molecule has 0 saturated heterocycles. The van der Waals surface area contributed by atoms with Crippen LogP contribution in [0.3, 0.4) is 0 Å². The van der Waals surface area contributed by atoms with Crippen LogP contribution in [-0.2, 0) is 6.42 Å². The molecule has 0 amide bonds. The van der Waals surface area contributed by atoms with E-state index in [4.69, 9.17) is 11.6 Å². The number of likely N-dealkylation sites (N-methyl/N-ethyl adjacent to an activating group) is 1. The van der Waals surface area contributed by atoms with Crippen LogP contribution in [0.25, 0.3) is 0 Å². The molecule has 0 bridgehead atoms. The first kappa shape index (κ1) is 16.4. The molecule has 2 aromatic carbocycles. The van der Waals surface area contributed by atoms with Gasteiger partial charge in [0.25, 0.3) is 0 Å². The van der Waals surface area contributed by atoms with E-state index in [0.29, 0.717) is 29.1 Å². The molecule has 5 heteroatoms. The minimum absolute atomic E-state index is 0.303. The van der Waals surface area contributed by atoms with E-state index in [1.807, 2.05) is 6.92 Å². The Morgan fingerprint density at radius 1 is 1.14 bits per heavy atom. The average molecular weight is 375 g/mol. The van der Waals surface area contributed by atoms with Gasteiger partial charge in [0.05, 0.1) is 0 Å². The van der Waals surface area contributed by atoms with Gasteiger partial charge in [0.2, 0.25) is 0 Å². The summed E-state index contributed by atoms with van der Waals surface area (Å²) in [6.45, 7) is 2.59. The molecule has 0 aliphatic heterocycles. The molecule has 1 N–H and O–H groups in total. The van der Waals surface area contributed by atoms with E-state index in [1.54, 1.807) is 24.3 Å². The molecule has 0 spiro atoms. The van der Waals surface area contributed by atoms with Crippen LogP contribution in [0.5, 0.6) is 0 Å². The predicted octanol–water partition coefficient (Wildman–Crippen LogP) is 5.27. The molecular formula is C16H15BrClF2N. The van der Waals surface area contributed by atoms with E-state index in [0.717, 1.165) is 4.47 Å². The summed E-state index contributed by atoms with van der Waals surface area (Å²) in [6.07, 6.45) is 0.351. The van der Waals surface area contributed by atoms with E-state index in [1.165, 1.54) is 12.1 Å². The molecule has 0 aromatic heterocycles. The molecule has 1 unspecified atom stereocenters. The number of benzene rings is 2. The largest absolute Gasteiger partial charge is 0.310 e. The molecule has 1 nitrogen and oxygen atoms in total. The number of nitrogens with one attached hydrogen (secondary N) is 1. The minimum atomic E-state index is -0.374. The molecule has 112 valence electrons. The van der Waals surface area contributed by atoms with Gasteiger partial charge in [0.1, 0.15) is 11.6 Å². The van der Waals surface area contributed by atoms with Crippen molar-refractivity contribution in [3.8, 4) is 0 Å². The maximum atomic E-state index is 14.0. The summed E-state index contributed by atoms with van der Waals surface area (Å²) in [5.74, 6) is -0.681. The molecule has 0 saturated carbocycles. The van der Waals surface area contributed by atoms with Crippen LogP contribution in [0.15, 0.2) is 40.9 Å². The second-order valence-electron chi connectivity index (χ2n) is 4.72. The fourth-order valence-electron chi connectivity index (χ4n) is 2.23. The summed E-state index contributed by atoms with van der Waals surface area (Å²) in [6, 6.07) is 9.02. The second kappa shape index (κ2) is 7.34. The Morgan fingerprint density at radius 3 is 2.57 bits per heavy atom. The van der Waals surface area contributed by atoms with Gasteiger partial charge in [-0.3, -0.25) is 0 Å². The monoisotopic (exact) mass is 373 g/mol. The van der Waals surface area contributed by atoms with E-state index < -0.39 is 0 Å². The normalized spacial score (nSPS) is 12.4. The number of rotatable bonds is 5. The van der Waals surface area contributed by atoms with Gasteiger partial charge in [-0.2, -0.15) is 0 Å². The van der Waals surface area contributed by atoms with Crippen molar-refractivity contribution in [1.29, 1.82) is 0 Å². The number of hydrogen-bond acceptors (Lipinski definition) is 1. The van der Waals surface area contributed by atoms with Gasteiger partial charge in [0, 0.05) is 21.1 Å². The highest BCUT2D eigenvalue weighted by Crippen LogP contribution is 2.26. The molecule has 0 fully saturated rings. The quantitative estimate of drug-likeness (QED) is 0.751. The van der Waals surface area contributed by atoms with Crippen LogP contribution < -0.4 is 5.32 Å². The zero-order valence-electron chi connectivity index (χ0n) is 11.5. The van der Waals surface area contributed by atoms with Crippen molar-refractivity contribution < 1.29 is 8.78 Å². The maximum absolute atomic E-state index is 14.0. The fourth-order valence-corrected chi connectivity index (χ4v) is 2.76. The standard InChI is InChI=1S/C16H15BrClF2N/c1-2-21-16(13-8-11(17)4-6-14(13)19)7-10-3-5-12(18)9-15(10)20/h3-6,8-9,16,21H,2,7H2,1H3. The molecule has 2 aromatic rings. The van der Waals surface area contributed by atoms with Gasteiger partial charge in [-0.05, 0) is 48.9 Å². The highest BCUT2D eigenvalue weighted by atomic mass is 79.9. The molecule has 0 aliphatic rings. The molecule has 0 aliphatic carbocycles. The van der Waals surface area contributed by atoms with Gasteiger partial charge >= 0.3 is 0 Å². The zero-order valence-corrected chi connectivity index (χ0v) is 13.8. The lowest BCUT2D eigenvalue weighted by molar-refractivity contribution is 0.498. The number of halogens is 4. The molecule has 1 atom stereocenters. The third-order valence-electron chi connectivity index (χ3n) is 3.22. The van der Waals surface area contributed by atoms with Gasteiger partial charge in [-0.15, -0.1) is 0 Å². The second-order valence-corrected chi connectivity index (χ2v) is 6.07. The molecular weight excluding hydrogens is 360 g/mol. The van der Waals surface area contributed by atoms with Crippen LogP contribution in [-0.4, -0.2) is 6.54 Å². The van der Waals surface area contributed by atoms with E-state index >= 15 is 0 Å². The average Bonchev–Trinajstić information content (AvgIpc) is 2.44. The highest BCUT2D eigenvalue weighted by Gasteiger charge is 2.17. The summed E-state index contributed by atoms with van der Waals surface area (Å²) < 4.78 is 28.8. The Labute approximate surface area is 136 Å². The van der Waals surface area contributed by atoms with Gasteiger partial charge in [0.15, 0.2) is 0 Å². The van der Waals surface area contributed by atoms with Crippen LogP contribution in [0.2, 0.25) is 5.02 Å². The van der Waals surface area contributed by atoms with Crippen molar-refractivity contribution in [3.63, 3.8) is 0 Å². The van der Waals surface area contributed by atoms with Crippen molar-refractivity contribution in [2.24, 2.45) is 0 Å². The van der Waals surface area contributed by atoms with Gasteiger partial charge < -0.3 is 5.32 Å². The topological polar surface area (TPSA) is 12.0 Å². The maximum Gasteiger partial charge on any atom is 0.128 e. The van der Waals surface area contributed by atoms with Crippen molar-refractivity contribution in [3.05, 3.63) is 68.7 Å². The minimum Gasteiger partial charge on any atom is -0.310 e.